The molecule has 1 unspecified atom stereocenters. The SMILES string of the molecule is CC(O)CO.C[SiH2]C. The van der Waals surface area contributed by atoms with Gasteiger partial charge in [-0.05, 0) is 6.92 Å². The van der Waals surface area contributed by atoms with Crippen LogP contribution in [0.15, 0.2) is 0 Å². The topological polar surface area (TPSA) is 40.5 Å². The summed E-state index contributed by atoms with van der Waals surface area (Å²) in [5.41, 5.74) is 0. The summed E-state index contributed by atoms with van der Waals surface area (Å²) in [6, 6.07) is 0. The van der Waals surface area contributed by atoms with Gasteiger partial charge in [-0.2, -0.15) is 0 Å². The molecule has 0 radical (unpaired) electrons. The summed E-state index contributed by atoms with van der Waals surface area (Å²) in [6.45, 7) is 5.92. The van der Waals surface area contributed by atoms with E-state index in [9.17, 15) is 0 Å². The first-order chi connectivity index (χ1) is 3.68. The van der Waals surface area contributed by atoms with Gasteiger partial charge in [0.25, 0.3) is 0 Å². The Balaban J connectivity index is 0. The van der Waals surface area contributed by atoms with E-state index in [4.69, 9.17) is 10.2 Å². The Hall–Kier alpha value is 0.137. The average molecular weight is 136 g/mol. The van der Waals surface area contributed by atoms with Gasteiger partial charge in [0.2, 0.25) is 0 Å². The molecule has 3 heteroatoms. The molecule has 0 saturated heterocycles. The van der Waals surface area contributed by atoms with E-state index in [1.807, 2.05) is 0 Å². The molecule has 0 saturated carbocycles. The van der Waals surface area contributed by atoms with Crippen LogP contribution in [0.4, 0.5) is 0 Å². The predicted molar refractivity (Wildman–Crippen MR) is 39.0 cm³/mol. The van der Waals surface area contributed by atoms with E-state index >= 15 is 0 Å². The van der Waals surface area contributed by atoms with Crippen LogP contribution in [0.5, 0.6) is 0 Å². The predicted octanol–water partition coefficient (Wildman–Crippen LogP) is -0.389. The van der Waals surface area contributed by atoms with Crippen LogP contribution < -0.4 is 0 Å². The molecule has 1 atom stereocenters. The van der Waals surface area contributed by atoms with Crippen molar-refractivity contribution in [1.82, 2.24) is 0 Å². The van der Waals surface area contributed by atoms with E-state index in [1.54, 1.807) is 0 Å². The van der Waals surface area contributed by atoms with Crippen LogP contribution in [0.3, 0.4) is 0 Å². The molecule has 0 heterocycles. The standard InChI is InChI=1S/C3H8O2.C2H8Si/c1-3(5)2-4;1-3-2/h3-5H,2H2,1H3;3H2,1-2H3. The largest absolute Gasteiger partial charge is 0.394 e. The highest BCUT2D eigenvalue weighted by Gasteiger charge is 1.83. The van der Waals surface area contributed by atoms with Crippen molar-refractivity contribution in [3.63, 3.8) is 0 Å². The summed E-state index contributed by atoms with van der Waals surface area (Å²) in [7, 11) is 0.417. The Bertz CT molecular complexity index is 31.6. The first-order valence-electron chi connectivity index (χ1n) is 2.97. The van der Waals surface area contributed by atoms with Gasteiger partial charge in [-0.1, -0.05) is 13.1 Å². The molecule has 0 aromatic carbocycles. The number of hydrogen-bond donors (Lipinski definition) is 2. The molecule has 0 aromatic heterocycles. The fourth-order valence-electron chi connectivity index (χ4n) is 0. The Kier molecular flexibility index (Phi) is 14.0. The lowest BCUT2D eigenvalue weighted by atomic mass is 10.5. The lowest BCUT2D eigenvalue weighted by molar-refractivity contribution is 0.110. The summed E-state index contributed by atoms with van der Waals surface area (Å²) in [4.78, 5) is 0. The molecule has 0 fully saturated rings. The Morgan fingerprint density at radius 3 is 1.62 bits per heavy atom. The molecule has 0 aliphatic carbocycles. The van der Waals surface area contributed by atoms with Gasteiger partial charge in [-0.15, -0.1) is 0 Å². The highest BCUT2D eigenvalue weighted by molar-refractivity contribution is 6.31. The fourth-order valence-corrected chi connectivity index (χ4v) is 0. The molecule has 8 heavy (non-hydrogen) atoms. The maximum Gasteiger partial charge on any atom is 0.0742 e. The zero-order chi connectivity index (χ0) is 6.99. The van der Waals surface area contributed by atoms with Crippen molar-refractivity contribution >= 4 is 9.52 Å². The maximum atomic E-state index is 8.11. The number of aliphatic hydroxyl groups excluding tert-OH is 2. The smallest absolute Gasteiger partial charge is 0.0742 e. The third-order valence-electron chi connectivity index (χ3n) is 0.264. The molecule has 0 aliphatic heterocycles. The maximum absolute atomic E-state index is 8.11. The Morgan fingerprint density at radius 2 is 1.62 bits per heavy atom. The second kappa shape index (κ2) is 10.2. The Morgan fingerprint density at radius 1 is 1.50 bits per heavy atom. The summed E-state index contributed by atoms with van der Waals surface area (Å²) >= 11 is 0. The van der Waals surface area contributed by atoms with E-state index in [2.05, 4.69) is 13.1 Å². The van der Waals surface area contributed by atoms with Crippen LogP contribution in [0.2, 0.25) is 13.1 Å². The molecule has 0 amide bonds. The van der Waals surface area contributed by atoms with Crippen molar-refractivity contribution in [2.75, 3.05) is 6.61 Å². The van der Waals surface area contributed by atoms with E-state index in [0.29, 0.717) is 9.52 Å². The second-order valence-electron chi connectivity index (χ2n) is 1.74. The van der Waals surface area contributed by atoms with Crippen molar-refractivity contribution in [1.29, 1.82) is 0 Å². The van der Waals surface area contributed by atoms with Crippen molar-refractivity contribution in [2.24, 2.45) is 0 Å². The van der Waals surface area contributed by atoms with E-state index in [1.165, 1.54) is 6.92 Å². The van der Waals surface area contributed by atoms with Crippen molar-refractivity contribution < 1.29 is 10.2 Å². The number of hydrogen-bond acceptors (Lipinski definition) is 2. The van der Waals surface area contributed by atoms with Crippen LogP contribution in [-0.2, 0) is 0 Å². The van der Waals surface area contributed by atoms with Crippen LogP contribution in [0.25, 0.3) is 0 Å². The highest BCUT2D eigenvalue weighted by atomic mass is 28.2. The molecule has 0 aromatic rings. The van der Waals surface area contributed by atoms with E-state index in [-0.39, 0.29) is 6.61 Å². The van der Waals surface area contributed by atoms with Gasteiger partial charge in [0, 0.05) is 9.52 Å². The lowest BCUT2D eigenvalue weighted by Gasteiger charge is -1.90. The number of aliphatic hydroxyl groups is 2. The summed E-state index contributed by atoms with van der Waals surface area (Å²) in [5, 5.41) is 16.0. The zero-order valence-electron chi connectivity index (χ0n) is 5.89. The number of rotatable bonds is 1. The van der Waals surface area contributed by atoms with Gasteiger partial charge in [0.15, 0.2) is 0 Å². The van der Waals surface area contributed by atoms with Crippen LogP contribution in [-0.4, -0.2) is 32.4 Å². The third-order valence-corrected chi connectivity index (χ3v) is 0.264. The average Bonchev–Trinajstić information content (AvgIpc) is 1.69. The van der Waals surface area contributed by atoms with Gasteiger partial charge in [0.1, 0.15) is 0 Å². The second-order valence-corrected chi connectivity index (χ2v) is 3.15. The molecule has 2 N–H and O–H groups in total. The van der Waals surface area contributed by atoms with Gasteiger partial charge >= 0.3 is 0 Å². The minimum atomic E-state index is -0.560. The van der Waals surface area contributed by atoms with Gasteiger partial charge in [-0.25, -0.2) is 0 Å². The van der Waals surface area contributed by atoms with Gasteiger partial charge in [-0.3, -0.25) is 0 Å². The van der Waals surface area contributed by atoms with Crippen molar-refractivity contribution in [3.05, 3.63) is 0 Å². The molecule has 52 valence electrons. The molecular formula is C5H16O2Si. The molecule has 0 bridgehead atoms. The van der Waals surface area contributed by atoms with Crippen molar-refractivity contribution in [2.45, 2.75) is 26.1 Å². The van der Waals surface area contributed by atoms with E-state index < -0.39 is 6.10 Å². The monoisotopic (exact) mass is 136 g/mol. The molecular weight excluding hydrogens is 120 g/mol. The van der Waals surface area contributed by atoms with Crippen LogP contribution in [0.1, 0.15) is 6.92 Å². The third kappa shape index (κ3) is 35.5. The minimum absolute atomic E-state index is 0.139. The zero-order valence-corrected chi connectivity index (χ0v) is 7.30. The Labute approximate surface area is 53.4 Å². The quantitative estimate of drug-likeness (QED) is 0.482. The first-order valence-corrected chi connectivity index (χ1v) is 5.80. The normalized spacial score (nSPS) is 11.6. The molecule has 0 rings (SSSR count). The summed E-state index contributed by atoms with van der Waals surface area (Å²) in [5.74, 6) is 0. The summed E-state index contributed by atoms with van der Waals surface area (Å²) < 4.78 is 0. The summed E-state index contributed by atoms with van der Waals surface area (Å²) in [6.07, 6.45) is -0.560. The van der Waals surface area contributed by atoms with Crippen molar-refractivity contribution in [3.8, 4) is 0 Å². The minimum Gasteiger partial charge on any atom is -0.394 e. The van der Waals surface area contributed by atoms with E-state index in [0.717, 1.165) is 0 Å². The van der Waals surface area contributed by atoms with Gasteiger partial charge < -0.3 is 10.2 Å². The fraction of sp³-hybridized carbons (Fsp3) is 1.00. The van der Waals surface area contributed by atoms with Crippen LogP contribution in [0, 0.1) is 0 Å². The lowest BCUT2D eigenvalue weighted by Crippen LogP contribution is -2.03. The highest BCUT2D eigenvalue weighted by Crippen LogP contribution is 1.68. The molecule has 0 spiro atoms. The molecule has 0 aliphatic rings. The van der Waals surface area contributed by atoms with Gasteiger partial charge in [0.05, 0.1) is 12.7 Å². The first kappa shape index (κ1) is 11.0. The van der Waals surface area contributed by atoms with Crippen LogP contribution >= 0.6 is 0 Å². The molecule has 2 nitrogen and oxygen atoms in total.